The van der Waals surface area contributed by atoms with Gasteiger partial charge in [-0.15, -0.1) is 0 Å². The molecular weight excluding hydrogens is 447 g/mol. The van der Waals surface area contributed by atoms with Crippen LogP contribution in [0.15, 0.2) is 59.7 Å². The number of nitrogens with zero attached hydrogens (tertiary/aromatic N) is 2. The molecule has 0 unspecified atom stereocenters. The average molecular weight is 471 g/mol. The standard InChI is InChI=1S/C25H24F3N3O3/c1-4-34-24(33)19-8-6-10-22(14-19)31-16(2)11-20(17(31)3)15-29-30-23(32)13-18-7-5-9-21(12-18)25(26,27)28/h5-12,14-15H,4,13H2,1-3H3,(H,30,32)/b29-15+. The summed E-state index contributed by atoms with van der Waals surface area (Å²) in [5.41, 5.74) is 5.44. The lowest BCUT2D eigenvalue weighted by Crippen LogP contribution is -2.20. The Labute approximate surface area is 195 Å². The Morgan fingerprint density at radius 1 is 1.09 bits per heavy atom. The molecule has 178 valence electrons. The summed E-state index contributed by atoms with van der Waals surface area (Å²) in [6, 6.07) is 13.5. The number of alkyl halides is 3. The van der Waals surface area contributed by atoms with Crippen LogP contribution in [0.1, 0.15) is 45.4 Å². The lowest BCUT2D eigenvalue weighted by atomic mass is 10.1. The second kappa shape index (κ2) is 10.4. The first-order valence-corrected chi connectivity index (χ1v) is 10.5. The number of carbonyl (C=O) groups excluding carboxylic acids is 2. The van der Waals surface area contributed by atoms with E-state index in [9.17, 15) is 22.8 Å². The summed E-state index contributed by atoms with van der Waals surface area (Å²) < 4.78 is 45.5. The number of carbonyl (C=O) groups is 2. The van der Waals surface area contributed by atoms with Gasteiger partial charge in [0.15, 0.2) is 0 Å². The SMILES string of the molecule is CCOC(=O)c1cccc(-n2c(C)cc(/C=N/NC(=O)Cc3cccc(C(F)(F)F)c3)c2C)c1. The van der Waals surface area contributed by atoms with Crippen LogP contribution in [-0.4, -0.2) is 29.3 Å². The molecule has 3 aromatic rings. The van der Waals surface area contributed by atoms with Crippen LogP contribution in [-0.2, 0) is 22.1 Å². The van der Waals surface area contributed by atoms with E-state index < -0.39 is 23.6 Å². The fourth-order valence-corrected chi connectivity index (χ4v) is 3.56. The van der Waals surface area contributed by atoms with E-state index in [-0.39, 0.29) is 18.6 Å². The van der Waals surface area contributed by atoms with Gasteiger partial charge in [-0.1, -0.05) is 24.3 Å². The number of hydrogen-bond acceptors (Lipinski definition) is 4. The van der Waals surface area contributed by atoms with Gasteiger partial charge in [0.05, 0.1) is 30.4 Å². The molecule has 0 aliphatic heterocycles. The minimum absolute atomic E-state index is 0.235. The van der Waals surface area contributed by atoms with Crippen LogP contribution in [0.5, 0.6) is 0 Å². The van der Waals surface area contributed by atoms with Crippen molar-refractivity contribution in [2.24, 2.45) is 5.10 Å². The normalized spacial score (nSPS) is 11.6. The van der Waals surface area contributed by atoms with Gasteiger partial charge in [-0.3, -0.25) is 4.79 Å². The smallest absolute Gasteiger partial charge is 0.416 e. The highest BCUT2D eigenvalue weighted by molar-refractivity contribution is 5.90. The minimum Gasteiger partial charge on any atom is -0.462 e. The van der Waals surface area contributed by atoms with Crippen molar-refractivity contribution in [1.29, 1.82) is 0 Å². The lowest BCUT2D eigenvalue weighted by molar-refractivity contribution is -0.137. The van der Waals surface area contributed by atoms with Gasteiger partial charge in [0.1, 0.15) is 0 Å². The van der Waals surface area contributed by atoms with Crippen molar-refractivity contribution in [2.75, 3.05) is 6.61 Å². The van der Waals surface area contributed by atoms with Crippen molar-refractivity contribution in [2.45, 2.75) is 33.4 Å². The largest absolute Gasteiger partial charge is 0.462 e. The Morgan fingerprint density at radius 3 is 2.53 bits per heavy atom. The van der Waals surface area contributed by atoms with Gasteiger partial charge in [-0.25, -0.2) is 10.2 Å². The van der Waals surface area contributed by atoms with Crippen LogP contribution in [0.3, 0.4) is 0 Å². The van der Waals surface area contributed by atoms with Crippen molar-refractivity contribution < 1.29 is 27.5 Å². The van der Waals surface area contributed by atoms with E-state index in [0.29, 0.717) is 5.56 Å². The molecule has 1 amide bonds. The van der Waals surface area contributed by atoms with Crippen molar-refractivity contribution in [1.82, 2.24) is 9.99 Å². The van der Waals surface area contributed by atoms with Crippen LogP contribution in [0.2, 0.25) is 0 Å². The molecule has 3 rings (SSSR count). The predicted octanol–water partition coefficient (Wildman–Crippen LogP) is 4.98. The second-order valence-corrected chi connectivity index (χ2v) is 7.60. The lowest BCUT2D eigenvalue weighted by Gasteiger charge is -2.11. The molecule has 0 fully saturated rings. The number of halogens is 3. The Bertz CT molecular complexity index is 1230. The molecule has 0 radical (unpaired) electrons. The Morgan fingerprint density at radius 2 is 1.82 bits per heavy atom. The molecule has 0 aliphatic rings. The van der Waals surface area contributed by atoms with Crippen molar-refractivity contribution in [3.63, 3.8) is 0 Å². The summed E-state index contributed by atoms with van der Waals surface area (Å²) in [7, 11) is 0. The van der Waals surface area contributed by atoms with E-state index in [1.807, 2.05) is 30.5 Å². The zero-order valence-electron chi connectivity index (χ0n) is 18.9. The van der Waals surface area contributed by atoms with Gasteiger partial charge in [-0.05, 0) is 56.7 Å². The number of esters is 1. The minimum atomic E-state index is -4.47. The summed E-state index contributed by atoms with van der Waals surface area (Å²) in [6.45, 7) is 5.79. The van der Waals surface area contributed by atoms with Gasteiger partial charge in [-0.2, -0.15) is 18.3 Å². The van der Waals surface area contributed by atoms with E-state index in [0.717, 1.165) is 34.8 Å². The van der Waals surface area contributed by atoms with Crippen molar-refractivity contribution in [3.8, 4) is 5.69 Å². The molecule has 0 spiro atoms. The molecule has 0 saturated carbocycles. The first-order chi connectivity index (χ1) is 16.1. The molecule has 1 N–H and O–H groups in total. The van der Waals surface area contributed by atoms with Crippen LogP contribution in [0, 0.1) is 13.8 Å². The molecular formula is C25H24F3N3O3. The number of ether oxygens (including phenoxy) is 1. The fraction of sp³-hybridized carbons (Fsp3) is 0.240. The number of hydrogen-bond donors (Lipinski definition) is 1. The molecule has 0 aliphatic carbocycles. The van der Waals surface area contributed by atoms with Crippen LogP contribution in [0.25, 0.3) is 5.69 Å². The van der Waals surface area contributed by atoms with Gasteiger partial charge in [0.25, 0.3) is 0 Å². The molecule has 34 heavy (non-hydrogen) atoms. The number of aryl methyl sites for hydroxylation is 1. The molecule has 6 nitrogen and oxygen atoms in total. The molecule has 2 aromatic carbocycles. The highest BCUT2D eigenvalue weighted by atomic mass is 19.4. The van der Waals surface area contributed by atoms with E-state index in [1.54, 1.807) is 25.1 Å². The summed E-state index contributed by atoms with van der Waals surface area (Å²) in [4.78, 5) is 24.2. The van der Waals surface area contributed by atoms with E-state index in [1.165, 1.54) is 18.3 Å². The molecule has 9 heteroatoms. The molecule has 0 bridgehead atoms. The van der Waals surface area contributed by atoms with Crippen LogP contribution >= 0.6 is 0 Å². The molecule has 0 saturated heterocycles. The Kier molecular flexibility index (Phi) is 7.55. The fourth-order valence-electron chi connectivity index (χ4n) is 3.56. The van der Waals surface area contributed by atoms with Crippen LogP contribution < -0.4 is 5.43 Å². The second-order valence-electron chi connectivity index (χ2n) is 7.60. The Balaban J connectivity index is 1.71. The van der Waals surface area contributed by atoms with E-state index in [2.05, 4.69) is 10.5 Å². The maximum Gasteiger partial charge on any atom is 0.416 e. The van der Waals surface area contributed by atoms with Gasteiger partial charge in [0.2, 0.25) is 5.91 Å². The summed E-state index contributed by atoms with van der Waals surface area (Å²) in [6.07, 6.45) is -3.23. The van der Waals surface area contributed by atoms with Crippen molar-refractivity contribution in [3.05, 3.63) is 88.2 Å². The molecule has 1 heterocycles. The number of amides is 1. The van der Waals surface area contributed by atoms with Gasteiger partial charge in [0, 0.05) is 22.6 Å². The first kappa shape index (κ1) is 24.8. The highest BCUT2D eigenvalue weighted by Crippen LogP contribution is 2.29. The number of rotatable bonds is 7. The molecule has 0 atom stereocenters. The van der Waals surface area contributed by atoms with Gasteiger partial charge < -0.3 is 9.30 Å². The highest BCUT2D eigenvalue weighted by Gasteiger charge is 2.30. The number of benzene rings is 2. The van der Waals surface area contributed by atoms with E-state index in [4.69, 9.17) is 4.74 Å². The summed E-state index contributed by atoms with van der Waals surface area (Å²) in [5, 5.41) is 3.95. The van der Waals surface area contributed by atoms with Crippen LogP contribution in [0.4, 0.5) is 13.2 Å². The maximum absolute atomic E-state index is 12.8. The number of hydrazone groups is 1. The third-order valence-corrected chi connectivity index (χ3v) is 5.10. The first-order valence-electron chi connectivity index (χ1n) is 10.5. The van der Waals surface area contributed by atoms with E-state index >= 15 is 0 Å². The number of aromatic nitrogens is 1. The summed E-state index contributed by atoms with van der Waals surface area (Å²) >= 11 is 0. The third-order valence-electron chi connectivity index (χ3n) is 5.10. The quantitative estimate of drug-likeness (QED) is 0.300. The zero-order chi connectivity index (χ0) is 24.9. The topological polar surface area (TPSA) is 72.7 Å². The zero-order valence-corrected chi connectivity index (χ0v) is 18.9. The number of nitrogens with one attached hydrogen (secondary N) is 1. The van der Waals surface area contributed by atoms with Crippen molar-refractivity contribution >= 4 is 18.1 Å². The average Bonchev–Trinajstić information content (AvgIpc) is 3.06. The Hall–Kier alpha value is -3.88. The third kappa shape index (κ3) is 5.92. The monoisotopic (exact) mass is 471 g/mol. The maximum atomic E-state index is 12.8. The van der Waals surface area contributed by atoms with Gasteiger partial charge >= 0.3 is 12.1 Å². The molecule has 1 aromatic heterocycles. The summed E-state index contributed by atoms with van der Waals surface area (Å²) in [5.74, 6) is -0.941. The predicted molar refractivity (Wildman–Crippen MR) is 122 cm³/mol.